The highest BCUT2D eigenvalue weighted by atomic mass is 32.1. The molecule has 2 aromatic heterocycles. The van der Waals surface area contributed by atoms with Gasteiger partial charge in [-0.3, -0.25) is 9.78 Å². The number of aryl methyl sites for hydroxylation is 1. The van der Waals surface area contributed by atoms with E-state index < -0.39 is 0 Å². The number of benzene rings is 1. The maximum atomic E-state index is 12.2. The molecule has 3 rings (SSSR count). The van der Waals surface area contributed by atoms with Crippen LogP contribution in [0.1, 0.15) is 20.9 Å². The Balaban J connectivity index is 1.89. The number of thiophene rings is 1. The van der Waals surface area contributed by atoms with E-state index in [9.17, 15) is 4.79 Å². The first kappa shape index (κ1) is 14.9. The van der Waals surface area contributed by atoms with Gasteiger partial charge in [-0.1, -0.05) is 12.1 Å². The summed E-state index contributed by atoms with van der Waals surface area (Å²) in [6.45, 7) is 1.92. The second kappa shape index (κ2) is 6.38. The van der Waals surface area contributed by atoms with E-state index in [-0.39, 0.29) is 11.6 Å². The number of anilines is 1. The minimum absolute atomic E-state index is 0.264. The number of hydrogen-bond donors (Lipinski definition) is 1. The molecule has 0 aliphatic heterocycles. The SMILES string of the molecule is Cc1ccc(-c2ccc(C#N)s2)cc1NC(=O)c1cnccn1. The minimum Gasteiger partial charge on any atom is -0.320 e. The maximum absolute atomic E-state index is 12.2. The van der Waals surface area contributed by atoms with Gasteiger partial charge in [0.15, 0.2) is 0 Å². The number of hydrogen-bond acceptors (Lipinski definition) is 5. The quantitative estimate of drug-likeness (QED) is 0.799. The average molecular weight is 320 g/mol. The van der Waals surface area contributed by atoms with Gasteiger partial charge in [0, 0.05) is 23.0 Å². The average Bonchev–Trinajstić information content (AvgIpc) is 3.07. The highest BCUT2D eigenvalue weighted by Gasteiger charge is 2.11. The van der Waals surface area contributed by atoms with Gasteiger partial charge in [-0.15, -0.1) is 11.3 Å². The fourth-order valence-electron chi connectivity index (χ4n) is 2.07. The molecule has 1 N–H and O–H groups in total. The van der Waals surface area contributed by atoms with Gasteiger partial charge in [-0.2, -0.15) is 5.26 Å². The summed E-state index contributed by atoms with van der Waals surface area (Å²) < 4.78 is 0. The van der Waals surface area contributed by atoms with Gasteiger partial charge in [-0.25, -0.2) is 4.98 Å². The highest BCUT2D eigenvalue weighted by molar-refractivity contribution is 7.16. The summed E-state index contributed by atoms with van der Waals surface area (Å²) in [7, 11) is 0. The van der Waals surface area contributed by atoms with Crippen molar-refractivity contribution in [3.05, 3.63) is 65.1 Å². The fraction of sp³-hybridized carbons (Fsp3) is 0.0588. The fourth-order valence-corrected chi connectivity index (χ4v) is 2.87. The molecule has 112 valence electrons. The smallest absolute Gasteiger partial charge is 0.275 e. The third-order valence-electron chi connectivity index (χ3n) is 3.28. The van der Waals surface area contributed by atoms with Crippen molar-refractivity contribution in [3.63, 3.8) is 0 Å². The van der Waals surface area contributed by atoms with E-state index in [1.807, 2.05) is 31.2 Å². The molecule has 0 saturated heterocycles. The summed E-state index contributed by atoms with van der Waals surface area (Å²) >= 11 is 1.42. The lowest BCUT2D eigenvalue weighted by Crippen LogP contribution is -2.14. The highest BCUT2D eigenvalue weighted by Crippen LogP contribution is 2.31. The Morgan fingerprint density at radius 1 is 1.26 bits per heavy atom. The molecule has 0 unspecified atom stereocenters. The Morgan fingerprint density at radius 3 is 2.83 bits per heavy atom. The Morgan fingerprint density at radius 2 is 2.13 bits per heavy atom. The van der Waals surface area contributed by atoms with E-state index in [1.165, 1.54) is 29.9 Å². The molecule has 6 heteroatoms. The van der Waals surface area contributed by atoms with Crippen LogP contribution >= 0.6 is 11.3 Å². The standard InChI is InChI=1S/C17H12N4OS/c1-11-2-3-12(16-5-4-13(9-18)23-16)8-14(11)21-17(22)15-10-19-6-7-20-15/h2-8,10H,1H3,(H,21,22). The number of aromatic nitrogens is 2. The van der Waals surface area contributed by atoms with Crippen molar-refractivity contribution in [2.45, 2.75) is 6.92 Å². The van der Waals surface area contributed by atoms with Crippen molar-refractivity contribution in [1.82, 2.24) is 9.97 Å². The Bertz CT molecular complexity index is 896. The summed E-state index contributed by atoms with van der Waals surface area (Å²) in [4.78, 5) is 21.7. The number of carbonyl (C=O) groups excluding carboxylic acids is 1. The van der Waals surface area contributed by atoms with Crippen molar-refractivity contribution in [2.75, 3.05) is 5.32 Å². The zero-order valence-electron chi connectivity index (χ0n) is 12.3. The van der Waals surface area contributed by atoms with E-state index in [2.05, 4.69) is 21.4 Å². The molecular formula is C17H12N4OS. The predicted molar refractivity (Wildman–Crippen MR) is 89.2 cm³/mol. The van der Waals surface area contributed by atoms with E-state index in [4.69, 9.17) is 5.26 Å². The Labute approximate surface area is 137 Å². The molecule has 0 radical (unpaired) electrons. The summed E-state index contributed by atoms with van der Waals surface area (Å²) in [5.74, 6) is -0.303. The molecule has 3 aromatic rings. The minimum atomic E-state index is -0.303. The van der Waals surface area contributed by atoms with E-state index >= 15 is 0 Å². The van der Waals surface area contributed by atoms with Gasteiger partial charge in [-0.05, 0) is 36.2 Å². The molecule has 0 atom stereocenters. The van der Waals surface area contributed by atoms with Crippen LogP contribution in [-0.2, 0) is 0 Å². The molecule has 0 spiro atoms. The van der Waals surface area contributed by atoms with Gasteiger partial charge >= 0.3 is 0 Å². The van der Waals surface area contributed by atoms with E-state index in [0.717, 1.165) is 16.0 Å². The molecule has 0 saturated carbocycles. The monoisotopic (exact) mass is 320 g/mol. The first-order chi connectivity index (χ1) is 11.2. The summed E-state index contributed by atoms with van der Waals surface area (Å²) in [6.07, 6.45) is 4.42. The van der Waals surface area contributed by atoms with Gasteiger partial charge in [0.2, 0.25) is 0 Å². The number of nitrogens with one attached hydrogen (secondary N) is 1. The molecule has 1 amide bonds. The van der Waals surface area contributed by atoms with Gasteiger partial charge < -0.3 is 5.32 Å². The van der Waals surface area contributed by atoms with Crippen molar-refractivity contribution in [3.8, 4) is 16.5 Å². The Hall–Kier alpha value is -3.04. The zero-order valence-corrected chi connectivity index (χ0v) is 13.1. The lowest BCUT2D eigenvalue weighted by Gasteiger charge is -2.09. The van der Waals surface area contributed by atoms with Crippen LogP contribution in [0, 0.1) is 18.3 Å². The second-order valence-corrected chi connectivity index (χ2v) is 5.93. The maximum Gasteiger partial charge on any atom is 0.275 e. The molecular weight excluding hydrogens is 308 g/mol. The summed E-state index contributed by atoms with van der Waals surface area (Å²) in [6, 6.07) is 11.6. The lowest BCUT2D eigenvalue weighted by atomic mass is 10.1. The molecule has 5 nitrogen and oxygen atoms in total. The topological polar surface area (TPSA) is 78.7 Å². The van der Waals surface area contributed by atoms with Crippen molar-refractivity contribution in [1.29, 1.82) is 5.26 Å². The third kappa shape index (κ3) is 3.25. The first-order valence-corrected chi connectivity index (χ1v) is 7.67. The predicted octanol–water partition coefficient (Wildman–Crippen LogP) is 3.64. The summed E-state index contributed by atoms with van der Waals surface area (Å²) in [5.41, 5.74) is 2.88. The van der Waals surface area contributed by atoms with Crippen molar-refractivity contribution in [2.24, 2.45) is 0 Å². The van der Waals surface area contributed by atoms with Crippen LogP contribution in [0.15, 0.2) is 48.9 Å². The lowest BCUT2D eigenvalue weighted by molar-refractivity contribution is 0.102. The van der Waals surface area contributed by atoms with Crippen molar-refractivity contribution < 1.29 is 4.79 Å². The summed E-state index contributed by atoms with van der Waals surface area (Å²) in [5, 5.41) is 11.8. The van der Waals surface area contributed by atoms with Crippen LogP contribution in [0.4, 0.5) is 5.69 Å². The van der Waals surface area contributed by atoms with Crippen LogP contribution < -0.4 is 5.32 Å². The van der Waals surface area contributed by atoms with Gasteiger partial charge in [0.05, 0.1) is 6.20 Å². The van der Waals surface area contributed by atoms with E-state index in [1.54, 1.807) is 6.07 Å². The van der Waals surface area contributed by atoms with Crippen molar-refractivity contribution >= 4 is 22.9 Å². The van der Waals surface area contributed by atoms with Crippen LogP contribution in [-0.4, -0.2) is 15.9 Å². The third-order valence-corrected chi connectivity index (χ3v) is 4.32. The normalized spacial score (nSPS) is 10.1. The van der Waals surface area contributed by atoms with Crippen LogP contribution in [0.25, 0.3) is 10.4 Å². The molecule has 0 aliphatic rings. The van der Waals surface area contributed by atoms with Crippen LogP contribution in [0.5, 0.6) is 0 Å². The second-order valence-electron chi connectivity index (χ2n) is 4.85. The zero-order chi connectivity index (χ0) is 16.2. The van der Waals surface area contributed by atoms with Gasteiger partial charge in [0.25, 0.3) is 5.91 Å². The van der Waals surface area contributed by atoms with E-state index in [0.29, 0.717) is 10.6 Å². The van der Waals surface area contributed by atoms with Crippen LogP contribution in [0.2, 0.25) is 0 Å². The van der Waals surface area contributed by atoms with Gasteiger partial charge in [0.1, 0.15) is 16.6 Å². The number of amides is 1. The van der Waals surface area contributed by atoms with Crippen LogP contribution in [0.3, 0.4) is 0 Å². The number of nitrogens with zero attached hydrogens (tertiary/aromatic N) is 3. The number of nitriles is 1. The number of rotatable bonds is 3. The largest absolute Gasteiger partial charge is 0.320 e. The molecule has 23 heavy (non-hydrogen) atoms. The molecule has 1 aromatic carbocycles. The molecule has 0 aliphatic carbocycles. The molecule has 0 fully saturated rings. The molecule has 0 bridgehead atoms. The molecule has 2 heterocycles. The number of carbonyl (C=O) groups is 1. The first-order valence-electron chi connectivity index (χ1n) is 6.85. The Kier molecular flexibility index (Phi) is 4.13.